The Morgan fingerprint density at radius 1 is 0.833 bits per heavy atom. The molecule has 4 rings (SSSR count). The lowest BCUT2D eigenvalue weighted by atomic mass is 10.1. The SMILES string of the molecule is CC(=O)c1ccc(Nc2cc(-c3ccccc3)nc(Nc3ccccc3F)n2)cc1. The standard InChI is InChI=1S/C24H19FN4O/c1-16(30)17-11-13-19(14-12-17)26-23-15-22(18-7-3-2-4-8-18)28-24(29-23)27-21-10-6-5-9-20(21)25/h2-15H,1H3,(H2,26,27,28,29). The Morgan fingerprint density at radius 2 is 1.53 bits per heavy atom. The molecular weight excluding hydrogens is 379 g/mol. The second-order valence-electron chi connectivity index (χ2n) is 6.69. The summed E-state index contributed by atoms with van der Waals surface area (Å²) in [5.41, 5.74) is 3.29. The fourth-order valence-electron chi connectivity index (χ4n) is 2.94. The van der Waals surface area contributed by atoms with Crippen LogP contribution >= 0.6 is 0 Å². The number of nitrogens with one attached hydrogen (secondary N) is 2. The first-order valence-corrected chi connectivity index (χ1v) is 9.42. The number of halogens is 1. The smallest absolute Gasteiger partial charge is 0.229 e. The summed E-state index contributed by atoms with van der Waals surface area (Å²) in [7, 11) is 0. The normalized spacial score (nSPS) is 10.5. The number of Topliss-reactive ketones (excluding diaryl/α,β-unsaturated/α-hetero) is 1. The maximum Gasteiger partial charge on any atom is 0.229 e. The molecule has 2 N–H and O–H groups in total. The lowest BCUT2D eigenvalue weighted by Gasteiger charge is -2.12. The maximum absolute atomic E-state index is 14.1. The highest BCUT2D eigenvalue weighted by molar-refractivity contribution is 5.94. The van der Waals surface area contributed by atoms with Crippen LogP contribution in [-0.2, 0) is 0 Å². The van der Waals surface area contributed by atoms with Crippen molar-refractivity contribution < 1.29 is 9.18 Å². The number of anilines is 4. The second kappa shape index (κ2) is 8.53. The summed E-state index contributed by atoms with van der Waals surface area (Å²) >= 11 is 0. The Labute approximate surface area is 173 Å². The van der Waals surface area contributed by atoms with Gasteiger partial charge in [-0.05, 0) is 43.3 Å². The first kappa shape index (κ1) is 19.3. The molecule has 0 unspecified atom stereocenters. The van der Waals surface area contributed by atoms with Crippen LogP contribution in [0.3, 0.4) is 0 Å². The van der Waals surface area contributed by atoms with Gasteiger partial charge in [0.25, 0.3) is 0 Å². The largest absolute Gasteiger partial charge is 0.340 e. The topological polar surface area (TPSA) is 66.9 Å². The zero-order valence-corrected chi connectivity index (χ0v) is 16.3. The van der Waals surface area contributed by atoms with Gasteiger partial charge in [0, 0.05) is 22.9 Å². The number of aromatic nitrogens is 2. The number of nitrogens with zero attached hydrogens (tertiary/aromatic N) is 2. The van der Waals surface area contributed by atoms with Gasteiger partial charge in [0.2, 0.25) is 5.95 Å². The molecule has 0 saturated carbocycles. The van der Waals surface area contributed by atoms with E-state index in [-0.39, 0.29) is 17.5 Å². The van der Waals surface area contributed by atoms with Gasteiger partial charge in [0.15, 0.2) is 5.78 Å². The van der Waals surface area contributed by atoms with Gasteiger partial charge in [-0.1, -0.05) is 42.5 Å². The van der Waals surface area contributed by atoms with Crippen LogP contribution in [0.15, 0.2) is 84.9 Å². The van der Waals surface area contributed by atoms with Gasteiger partial charge in [-0.25, -0.2) is 9.37 Å². The van der Waals surface area contributed by atoms with Crippen molar-refractivity contribution in [3.05, 3.63) is 96.3 Å². The van der Waals surface area contributed by atoms with Crippen LogP contribution in [0, 0.1) is 5.82 Å². The van der Waals surface area contributed by atoms with E-state index in [4.69, 9.17) is 0 Å². The first-order chi connectivity index (χ1) is 14.6. The molecule has 4 aromatic rings. The van der Waals surface area contributed by atoms with Crippen molar-refractivity contribution in [3.63, 3.8) is 0 Å². The quantitative estimate of drug-likeness (QED) is 0.392. The van der Waals surface area contributed by atoms with Gasteiger partial charge in [-0.3, -0.25) is 4.79 Å². The van der Waals surface area contributed by atoms with Crippen LogP contribution in [-0.4, -0.2) is 15.8 Å². The molecule has 6 heteroatoms. The van der Waals surface area contributed by atoms with Crippen LogP contribution in [0.1, 0.15) is 17.3 Å². The number of benzene rings is 3. The highest BCUT2D eigenvalue weighted by Crippen LogP contribution is 2.26. The minimum atomic E-state index is -0.388. The second-order valence-corrected chi connectivity index (χ2v) is 6.69. The van der Waals surface area contributed by atoms with Gasteiger partial charge >= 0.3 is 0 Å². The molecular formula is C24H19FN4O. The predicted octanol–water partition coefficient (Wildman–Crippen LogP) is 5.97. The summed E-state index contributed by atoms with van der Waals surface area (Å²) in [4.78, 5) is 20.5. The molecule has 0 bridgehead atoms. The molecule has 0 aliphatic carbocycles. The summed E-state index contributed by atoms with van der Waals surface area (Å²) in [6.07, 6.45) is 0. The van der Waals surface area contributed by atoms with Gasteiger partial charge in [0.05, 0.1) is 11.4 Å². The molecule has 0 aliphatic rings. The van der Waals surface area contributed by atoms with Crippen molar-refractivity contribution in [2.75, 3.05) is 10.6 Å². The molecule has 1 aromatic heterocycles. The first-order valence-electron chi connectivity index (χ1n) is 9.42. The van der Waals surface area contributed by atoms with Gasteiger partial charge in [-0.2, -0.15) is 4.98 Å². The Morgan fingerprint density at radius 3 is 2.23 bits per heavy atom. The summed E-state index contributed by atoms with van der Waals surface area (Å²) in [5, 5.41) is 6.18. The molecule has 1 heterocycles. The third-order valence-corrected chi connectivity index (χ3v) is 4.48. The minimum absolute atomic E-state index is 0.00586. The highest BCUT2D eigenvalue weighted by Gasteiger charge is 2.10. The van der Waals surface area contributed by atoms with Crippen LogP contribution in [0.5, 0.6) is 0 Å². The summed E-state index contributed by atoms with van der Waals surface area (Å²) in [6.45, 7) is 1.53. The number of carbonyl (C=O) groups excluding carboxylic acids is 1. The van der Waals surface area contributed by atoms with Crippen molar-refractivity contribution in [2.45, 2.75) is 6.92 Å². The van der Waals surface area contributed by atoms with Crippen LogP contribution in [0.4, 0.5) is 27.5 Å². The van der Waals surface area contributed by atoms with E-state index in [2.05, 4.69) is 20.6 Å². The lowest BCUT2D eigenvalue weighted by Crippen LogP contribution is -2.03. The van der Waals surface area contributed by atoms with E-state index >= 15 is 0 Å². The fourth-order valence-corrected chi connectivity index (χ4v) is 2.94. The molecule has 0 spiro atoms. The molecule has 0 amide bonds. The van der Waals surface area contributed by atoms with Gasteiger partial charge in [-0.15, -0.1) is 0 Å². The van der Waals surface area contributed by atoms with Crippen LogP contribution < -0.4 is 10.6 Å². The molecule has 0 atom stereocenters. The average Bonchev–Trinajstić information content (AvgIpc) is 2.76. The minimum Gasteiger partial charge on any atom is -0.340 e. The Kier molecular flexibility index (Phi) is 5.48. The number of carbonyl (C=O) groups is 1. The fraction of sp³-hybridized carbons (Fsp3) is 0.0417. The van der Waals surface area contributed by atoms with Crippen molar-refractivity contribution >= 4 is 28.9 Å². The molecule has 0 fully saturated rings. The third-order valence-electron chi connectivity index (χ3n) is 4.48. The van der Waals surface area contributed by atoms with E-state index in [9.17, 15) is 9.18 Å². The highest BCUT2D eigenvalue weighted by atomic mass is 19.1. The number of hydrogen-bond donors (Lipinski definition) is 2. The predicted molar refractivity (Wildman–Crippen MR) is 117 cm³/mol. The van der Waals surface area contributed by atoms with E-state index in [0.29, 0.717) is 22.8 Å². The maximum atomic E-state index is 14.1. The van der Waals surface area contributed by atoms with E-state index in [1.165, 1.54) is 13.0 Å². The number of hydrogen-bond acceptors (Lipinski definition) is 5. The zero-order valence-electron chi connectivity index (χ0n) is 16.3. The van der Waals surface area contributed by atoms with Crippen molar-refractivity contribution in [1.29, 1.82) is 0 Å². The molecule has 0 aliphatic heterocycles. The summed E-state index contributed by atoms with van der Waals surface area (Å²) < 4.78 is 14.1. The summed E-state index contributed by atoms with van der Waals surface area (Å²) in [6, 6.07) is 25.0. The molecule has 5 nitrogen and oxygen atoms in total. The molecule has 148 valence electrons. The average molecular weight is 398 g/mol. The van der Waals surface area contributed by atoms with E-state index in [1.54, 1.807) is 30.3 Å². The van der Waals surface area contributed by atoms with Crippen molar-refractivity contribution in [3.8, 4) is 11.3 Å². The number of para-hydroxylation sites is 1. The van der Waals surface area contributed by atoms with E-state index in [0.717, 1.165) is 11.3 Å². The summed E-state index contributed by atoms with van der Waals surface area (Å²) in [5.74, 6) is 0.425. The van der Waals surface area contributed by atoms with E-state index in [1.807, 2.05) is 48.5 Å². The van der Waals surface area contributed by atoms with Crippen molar-refractivity contribution in [1.82, 2.24) is 9.97 Å². The van der Waals surface area contributed by atoms with Crippen molar-refractivity contribution in [2.24, 2.45) is 0 Å². The molecule has 0 saturated heterocycles. The monoisotopic (exact) mass is 398 g/mol. The van der Waals surface area contributed by atoms with Gasteiger partial charge in [0.1, 0.15) is 11.6 Å². The molecule has 30 heavy (non-hydrogen) atoms. The zero-order chi connectivity index (χ0) is 20.9. The Bertz CT molecular complexity index is 1180. The Hall–Kier alpha value is -4.06. The molecule has 3 aromatic carbocycles. The van der Waals surface area contributed by atoms with Crippen LogP contribution in [0.2, 0.25) is 0 Å². The van der Waals surface area contributed by atoms with E-state index < -0.39 is 0 Å². The third kappa shape index (κ3) is 4.50. The number of rotatable bonds is 6. The molecule has 0 radical (unpaired) electrons. The van der Waals surface area contributed by atoms with Crippen LogP contribution in [0.25, 0.3) is 11.3 Å². The number of ketones is 1. The lowest BCUT2D eigenvalue weighted by molar-refractivity contribution is 0.101. The van der Waals surface area contributed by atoms with Gasteiger partial charge < -0.3 is 10.6 Å². The Balaban J connectivity index is 1.70.